The van der Waals surface area contributed by atoms with Crippen molar-refractivity contribution in [1.29, 1.82) is 0 Å². The second-order valence-electron chi connectivity index (χ2n) is 6.29. The molecule has 1 fully saturated rings. The van der Waals surface area contributed by atoms with Crippen molar-refractivity contribution in [2.75, 3.05) is 26.2 Å². The molecule has 2 aromatic rings. The summed E-state index contributed by atoms with van der Waals surface area (Å²) in [5.41, 5.74) is 0.760. The molecule has 7 nitrogen and oxygen atoms in total. The first-order chi connectivity index (χ1) is 12.4. The van der Waals surface area contributed by atoms with Gasteiger partial charge in [0.2, 0.25) is 0 Å². The maximum atomic E-state index is 13.0. The molecule has 1 aromatic heterocycles. The monoisotopic (exact) mass is 361 g/mol. The molecule has 1 aliphatic heterocycles. The molecule has 1 aliphatic rings. The summed E-state index contributed by atoms with van der Waals surface area (Å²) in [4.78, 5) is 26.6. The Morgan fingerprint density at radius 2 is 1.69 bits per heavy atom. The first-order valence-electron chi connectivity index (χ1n) is 8.30. The lowest BCUT2D eigenvalue weighted by Crippen LogP contribution is -2.47. The van der Waals surface area contributed by atoms with Crippen LogP contribution in [0, 0.1) is 5.82 Å². The second-order valence-corrected chi connectivity index (χ2v) is 6.29. The zero-order valence-corrected chi connectivity index (χ0v) is 14.1. The van der Waals surface area contributed by atoms with Gasteiger partial charge in [-0.25, -0.2) is 9.18 Å². The molecule has 1 saturated heterocycles. The number of benzene rings is 1. The third kappa shape index (κ3) is 4.02. The van der Waals surface area contributed by atoms with Crippen molar-refractivity contribution in [3.63, 3.8) is 0 Å². The van der Waals surface area contributed by atoms with Crippen molar-refractivity contribution in [3.8, 4) is 5.75 Å². The van der Waals surface area contributed by atoms with Crippen molar-refractivity contribution in [2.24, 2.45) is 0 Å². The number of halogens is 1. The average molecular weight is 361 g/mol. The van der Waals surface area contributed by atoms with Gasteiger partial charge in [0.1, 0.15) is 5.82 Å². The Balaban J connectivity index is 1.69. The molecule has 2 heterocycles. The third-order valence-corrected chi connectivity index (χ3v) is 4.53. The number of amides is 1. The summed E-state index contributed by atoms with van der Waals surface area (Å²) in [5.74, 6) is -0.655. The summed E-state index contributed by atoms with van der Waals surface area (Å²) >= 11 is 0. The van der Waals surface area contributed by atoms with E-state index in [9.17, 15) is 19.1 Å². The van der Waals surface area contributed by atoms with E-state index in [-0.39, 0.29) is 18.1 Å². The Kier molecular flexibility index (Phi) is 5.22. The second kappa shape index (κ2) is 7.57. The van der Waals surface area contributed by atoms with Crippen LogP contribution in [0.3, 0.4) is 0 Å². The zero-order chi connectivity index (χ0) is 18.7. The average Bonchev–Trinajstić information content (AvgIpc) is 2.63. The molecule has 0 bridgehead atoms. The van der Waals surface area contributed by atoms with Gasteiger partial charge in [-0.05, 0) is 23.8 Å². The number of hydrogen-bond donors (Lipinski definition) is 2. The van der Waals surface area contributed by atoms with Crippen LogP contribution in [0.25, 0.3) is 0 Å². The van der Waals surface area contributed by atoms with Crippen LogP contribution in [-0.4, -0.2) is 56.9 Å². The Morgan fingerprint density at radius 3 is 2.31 bits per heavy atom. The van der Waals surface area contributed by atoms with E-state index in [4.69, 9.17) is 5.11 Å². The number of aromatic nitrogens is 1. The molecular weight excluding hydrogens is 341 g/mol. The quantitative estimate of drug-likeness (QED) is 0.863. The van der Waals surface area contributed by atoms with E-state index in [1.807, 2.05) is 4.90 Å². The van der Waals surface area contributed by atoms with Crippen LogP contribution >= 0.6 is 0 Å². The molecule has 2 N–H and O–H groups in total. The maximum absolute atomic E-state index is 13.0. The molecule has 1 amide bonds. The fraction of sp³-hybridized carbons (Fsp3) is 0.333. The fourth-order valence-electron chi connectivity index (χ4n) is 2.98. The van der Waals surface area contributed by atoms with Gasteiger partial charge in [0.15, 0.2) is 5.75 Å². The van der Waals surface area contributed by atoms with E-state index < -0.39 is 11.7 Å². The number of hydrogen-bond acceptors (Lipinski definition) is 4. The normalized spacial score (nSPS) is 15.2. The Labute approximate surface area is 149 Å². The van der Waals surface area contributed by atoms with Crippen molar-refractivity contribution in [2.45, 2.75) is 13.1 Å². The van der Waals surface area contributed by atoms with Gasteiger partial charge in [0, 0.05) is 44.5 Å². The van der Waals surface area contributed by atoms with E-state index in [0.717, 1.165) is 5.56 Å². The van der Waals surface area contributed by atoms with Gasteiger partial charge in [-0.15, -0.1) is 0 Å². The molecule has 138 valence electrons. The highest BCUT2D eigenvalue weighted by molar-refractivity contribution is 5.65. The van der Waals surface area contributed by atoms with Crippen LogP contribution in [0.15, 0.2) is 41.3 Å². The van der Waals surface area contributed by atoms with Crippen molar-refractivity contribution in [1.82, 2.24) is 14.4 Å². The molecule has 8 heteroatoms. The predicted molar refractivity (Wildman–Crippen MR) is 92.7 cm³/mol. The van der Waals surface area contributed by atoms with E-state index in [1.54, 1.807) is 24.4 Å². The summed E-state index contributed by atoms with van der Waals surface area (Å²) in [6.45, 7) is 2.51. The standard InChI is InChI=1S/C18H20FN3O4/c19-15-3-1-13(2-4-15)11-22-6-5-14(16(23)17(22)24)12-20-7-9-21(10-8-20)18(25)26/h1-6,23H,7-12H2,(H,25,26). The molecule has 0 saturated carbocycles. The van der Waals surface area contributed by atoms with Crippen LogP contribution in [0.5, 0.6) is 5.75 Å². The number of carboxylic acid groups (broad SMARTS) is 1. The first-order valence-corrected chi connectivity index (χ1v) is 8.30. The van der Waals surface area contributed by atoms with Crippen LogP contribution in [0.4, 0.5) is 9.18 Å². The molecule has 0 unspecified atom stereocenters. The molecule has 0 aliphatic carbocycles. The van der Waals surface area contributed by atoms with Gasteiger partial charge < -0.3 is 19.7 Å². The van der Waals surface area contributed by atoms with Crippen LogP contribution in [0.2, 0.25) is 0 Å². The lowest BCUT2D eigenvalue weighted by atomic mass is 10.2. The number of nitrogens with zero attached hydrogens (tertiary/aromatic N) is 3. The Morgan fingerprint density at radius 1 is 1.04 bits per heavy atom. The Bertz CT molecular complexity index is 843. The largest absolute Gasteiger partial charge is 0.503 e. The minimum atomic E-state index is -0.934. The van der Waals surface area contributed by atoms with Crippen molar-refractivity contribution in [3.05, 3.63) is 63.8 Å². The highest BCUT2D eigenvalue weighted by Gasteiger charge is 2.21. The fourth-order valence-corrected chi connectivity index (χ4v) is 2.98. The first kappa shape index (κ1) is 17.9. The zero-order valence-electron chi connectivity index (χ0n) is 14.1. The predicted octanol–water partition coefficient (Wildman–Crippen LogP) is 1.54. The van der Waals surface area contributed by atoms with Gasteiger partial charge in [-0.3, -0.25) is 9.69 Å². The number of piperazine rings is 1. The number of carbonyl (C=O) groups is 1. The Hall–Kier alpha value is -2.87. The van der Waals surface area contributed by atoms with Gasteiger partial charge in [0.25, 0.3) is 5.56 Å². The third-order valence-electron chi connectivity index (χ3n) is 4.53. The molecule has 0 spiro atoms. The maximum Gasteiger partial charge on any atom is 0.407 e. The topological polar surface area (TPSA) is 86.0 Å². The van der Waals surface area contributed by atoms with Crippen molar-refractivity contribution < 1.29 is 19.4 Å². The molecule has 0 atom stereocenters. The molecule has 1 aromatic carbocycles. The van der Waals surface area contributed by atoms with E-state index >= 15 is 0 Å². The van der Waals surface area contributed by atoms with E-state index in [0.29, 0.717) is 38.3 Å². The smallest absolute Gasteiger partial charge is 0.407 e. The summed E-state index contributed by atoms with van der Waals surface area (Å²) in [7, 11) is 0. The number of rotatable bonds is 4. The molecule has 3 rings (SSSR count). The molecule has 26 heavy (non-hydrogen) atoms. The van der Waals surface area contributed by atoms with Crippen molar-refractivity contribution >= 4 is 6.09 Å². The summed E-state index contributed by atoms with van der Waals surface area (Å²) < 4.78 is 14.3. The summed E-state index contributed by atoms with van der Waals surface area (Å²) in [6, 6.07) is 7.52. The highest BCUT2D eigenvalue weighted by Crippen LogP contribution is 2.16. The number of pyridine rings is 1. The van der Waals surface area contributed by atoms with E-state index in [2.05, 4.69) is 0 Å². The molecular formula is C18H20FN3O4. The van der Waals surface area contributed by atoms with Gasteiger partial charge in [-0.2, -0.15) is 0 Å². The highest BCUT2D eigenvalue weighted by atomic mass is 19.1. The van der Waals surface area contributed by atoms with E-state index in [1.165, 1.54) is 21.6 Å². The lowest BCUT2D eigenvalue weighted by Gasteiger charge is -2.33. The summed E-state index contributed by atoms with van der Waals surface area (Å²) in [5, 5.41) is 19.2. The minimum absolute atomic E-state index is 0.240. The van der Waals surface area contributed by atoms with Crippen LogP contribution < -0.4 is 5.56 Å². The van der Waals surface area contributed by atoms with Gasteiger partial charge >= 0.3 is 6.09 Å². The van der Waals surface area contributed by atoms with Crippen LogP contribution in [-0.2, 0) is 13.1 Å². The minimum Gasteiger partial charge on any atom is -0.503 e. The summed E-state index contributed by atoms with van der Waals surface area (Å²) in [6.07, 6.45) is 0.671. The van der Waals surface area contributed by atoms with Gasteiger partial charge in [-0.1, -0.05) is 12.1 Å². The lowest BCUT2D eigenvalue weighted by molar-refractivity contribution is 0.102. The molecule has 0 radical (unpaired) electrons. The van der Waals surface area contributed by atoms with Crippen LogP contribution in [0.1, 0.15) is 11.1 Å². The number of aromatic hydroxyl groups is 1. The van der Waals surface area contributed by atoms with Gasteiger partial charge in [0.05, 0.1) is 6.54 Å². The SMILES string of the molecule is O=C(O)N1CCN(Cc2ccn(Cc3ccc(F)cc3)c(=O)c2O)CC1.